The molecule has 0 saturated carbocycles. The first-order chi connectivity index (χ1) is 9.58. The summed E-state index contributed by atoms with van der Waals surface area (Å²) in [6, 6.07) is 14.9. The molecule has 0 fully saturated rings. The van der Waals surface area contributed by atoms with Crippen LogP contribution in [0.3, 0.4) is 0 Å². The Kier molecular flexibility index (Phi) is 3.67. The summed E-state index contributed by atoms with van der Waals surface area (Å²) in [7, 11) is 0. The van der Waals surface area contributed by atoms with E-state index in [0.29, 0.717) is 0 Å². The minimum Gasteiger partial charge on any atom is -0.320 e. The highest BCUT2D eigenvalue weighted by Crippen LogP contribution is 2.36. The van der Waals surface area contributed by atoms with Gasteiger partial charge in [0.1, 0.15) is 0 Å². The lowest BCUT2D eigenvalue weighted by Crippen LogP contribution is -2.12. The molecule has 0 spiro atoms. The van der Waals surface area contributed by atoms with Crippen LogP contribution in [0.25, 0.3) is 10.8 Å². The molecule has 0 aliphatic rings. The Morgan fingerprint density at radius 2 is 1.80 bits per heavy atom. The Balaban J connectivity index is 2.20. The van der Waals surface area contributed by atoms with Gasteiger partial charge in [0.25, 0.3) is 0 Å². The Morgan fingerprint density at radius 3 is 2.50 bits per heavy atom. The third-order valence-electron chi connectivity index (χ3n) is 3.68. The van der Waals surface area contributed by atoms with Gasteiger partial charge in [-0.25, -0.2) is 0 Å². The van der Waals surface area contributed by atoms with Gasteiger partial charge in [0.2, 0.25) is 0 Å². The minimum atomic E-state index is -0.0731. The molecule has 2 aromatic carbocycles. The average Bonchev–Trinajstić information content (AvgIpc) is 2.78. The van der Waals surface area contributed by atoms with Gasteiger partial charge in [-0.1, -0.05) is 36.4 Å². The summed E-state index contributed by atoms with van der Waals surface area (Å²) in [5.74, 6) is 0. The van der Waals surface area contributed by atoms with E-state index in [1.807, 2.05) is 0 Å². The molecule has 3 aromatic rings. The van der Waals surface area contributed by atoms with E-state index in [0.717, 1.165) is 0 Å². The highest BCUT2D eigenvalue weighted by atomic mass is 79.9. The average molecular weight is 346 g/mol. The van der Waals surface area contributed by atoms with Crippen molar-refractivity contribution in [3.63, 3.8) is 0 Å². The summed E-state index contributed by atoms with van der Waals surface area (Å²) in [6.07, 6.45) is 0. The molecule has 0 aliphatic carbocycles. The van der Waals surface area contributed by atoms with Crippen molar-refractivity contribution in [2.24, 2.45) is 5.73 Å². The van der Waals surface area contributed by atoms with Crippen LogP contribution >= 0.6 is 27.3 Å². The Hall–Kier alpha value is -1.16. The molecule has 1 heterocycles. The first kappa shape index (κ1) is 13.8. The SMILES string of the molecule is Cc1cc(C(N)c2c(C)ccc3ccccc23)sc1Br. The molecule has 0 saturated heterocycles. The first-order valence-corrected chi connectivity index (χ1v) is 8.18. The number of halogens is 1. The molecule has 102 valence electrons. The maximum atomic E-state index is 6.56. The fraction of sp³-hybridized carbons (Fsp3) is 0.176. The van der Waals surface area contributed by atoms with Crippen molar-refractivity contribution in [2.45, 2.75) is 19.9 Å². The number of benzene rings is 2. The molecule has 1 nitrogen and oxygen atoms in total. The summed E-state index contributed by atoms with van der Waals surface area (Å²) in [4.78, 5) is 1.20. The third-order valence-corrected chi connectivity index (χ3v) is 5.90. The third kappa shape index (κ3) is 2.30. The van der Waals surface area contributed by atoms with E-state index >= 15 is 0 Å². The van der Waals surface area contributed by atoms with Crippen molar-refractivity contribution in [1.82, 2.24) is 0 Å². The number of rotatable bonds is 2. The summed E-state index contributed by atoms with van der Waals surface area (Å²) in [5, 5.41) is 2.50. The molecule has 0 aliphatic heterocycles. The normalized spacial score (nSPS) is 12.8. The van der Waals surface area contributed by atoms with Crippen LogP contribution in [0.1, 0.15) is 27.6 Å². The number of thiophene rings is 1. The molecule has 1 aromatic heterocycles. The van der Waals surface area contributed by atoms with Gasteiger partial charge in [0.05, 0.1) is 9.83 Å². The quantitative estimate of drug-likeness (QED) is 0.667. The lowest BCUT2D eigenvalue weighted by molar-refractivity contribution is 0.892. The van der Waals surface area contributed by atoms with Crippen molar-refractivity contribution in [2.75, 3.05) is 0 Å². The largest absolute Gasteiger partial charge is 0.320 e. The van der Waals surface area contributed by atoms with Crippen LogP contribution in [0, 0.1) is 13.8 Å². The fourth-order valence-electron chi connectivity index (χ4n) is 2.60. The Morgan fingerprint density at radius 1 is 1.05 bits per heavy atom. The van der Waals surface area contributed by atoms with E-state index < -0.39 is 0 Å². The van der Waals surface area contributed by atoms with Gasteiger partial charge in [0, 0.05) is 4.88 Å². The lowest BCUT2D eigenvalue weighted by atomic mass is 9.94. The van der Waals surface area contributed by atoms with Crippen LogP contribution in [0.15, 0.2) is 46.3 Å². The van der Waals surface area contributed by atoms with E-state index in [-0.39, 0.29) is 6.04 Å². The van der Waals surface area contributed by atoms with Crippen molar-refractivity contribution in [3.8, 4) is 0 Å². The van der Waals surface area contributed by atoms with E-state index in [1.54, 1.807) is 11.3 Å². The topological polar surface area (TPSA) is 26.0 Å². The highest BCUT2D eigenvalue weighted by molar-refractivity contribution is 9.11. The molecule has 2 N–H and O–H groups in total. The van der Waals surface area contributed by atoms with E-state index in [9.17, 15) is 0 Å². The molecule has 0 bridgehead atoms. The van der Waals surface area contributed by atoms with Gasteiger partial charge < -0.3 is 5.73 Å². The zero-order valence-corrected chi connectivity index (χ0v) is 13.9. The van der Waals surface area contributed by atoms with Crippen LogP contribution in [0.5, 0.6) is 0 Å². The standard InChI is InChI=1S/C17H16BrNS/c1-10-7-8-12-5-3-4-6-13(12)15(10)16(19)14-9-11(2)17(18)20-14/h3-9,16H,19H2,1-2H3. The fourth-order valence-corrected chi connectivity index (χ4v) is 4.18. The second-order valence-electron chi connectivity index (χ2n) is 5.10. The van der Waals surface area contributed by atoms with Gasteiger partial charge >= 0.3 is 0 Å². The van der Waals surface area contributed by atoms with E-state index in [1.165, 1.54) is 36.1 Å². The number of hydrogen-bond donors (Lipinski definition) is 1. The first-order valence-electron chi connectivity index (χ1n) is 6.57. The Labute approximate surface area is 131 Å². The highest BCUT2D eigenvalue weighted by Gasteiger charge is 2.17. The number of aryl methyl sites for hydroxylation is 2. The van der Waals surface area contributed by atoms with Gasteiger partial charge in [-0.2, -0.15) is 0 Å². The number of fused-ring (bicyclic) bond motifs is 1. The van der Waals surface area contributed by atoms with Gasteiger partial charge in [-0.3, -0.25) is 0 Å². The van der Waals surface area contributed by atoms with Crippen LogP contribution in [-0.4, -0.2) is 0 Å². The van der Waals surface area contributed by atoms with Crippen molar-refractivity contribution in [1.29, 1.82) is 0 Å². The lowest BCUT2D eigenvalue weighted by Gasteiger charge is -2.16. The van der Waals surface area contributed by atoms with Crippen molar-refractivity contribution >= 4 is 38.0 Å². The monoisotopic (exact) mass is 345 g/mol. The second-order valence-corrected chi connectivity index (χ2v) is 7.50. The molecular weight excluding hydrogens is 330 g/mol. The second kappa shape index (κ2) is 5.32. The molecule has 20 heavy (non-hydrogen) atoms. The van der Waals surface area contributed by atoms with Crippen LogP contribution in [-0.2, 0) is 0 Å². The predicted octanol–water partition coefficient (Wildman–Crippen LogP) is 5.33. The van der Waals surface area contributed by atoms with Crippen LogP contribution in [0.4, 0.5) is 0 Å². The van der Waals surface area contributed by atoms with Crippen molar-refractivity contribution < 1.29 is 0 Å². The maximum absolute atomic E-state index is 6.56. The minimum absolute atomic E-state index is 0.0731. The molecule has 1 unspecified atom stereocenters. The van der Waals surface area contributed by atoms with Gasteiger partial charge in [0.15, 0.2) is 0 Å². The predicted molar refractivity (Wildman–Crippen MR) is 91.5 cm³/mol. The molecule has 0 radical (unpaired) electrons. The molecule has 1 atom stereocenters. The van der Waals surface area contributed by atoms with E-state index in [4.69, 9.17) is 5.73 Å². The zero-order valence-electron chi connectivity index (χ0n) is 11.5. The summed E-state index contributed by atoms with van der Waals surface area (Å²) in [6.45, 7) is 4.24. The van der Waals surface area contributed by atoms with E-state index in [2.05, 4.69) is 72.2 Å². The summed E-state index contributed by atoms with van der Waals surface area (Å²) in [5.41, 5.74) is 10.3. The summed E-state index contributed by atoms with van der Waals surface area (Å²) >= 11 is 5.31. The Bertz CT molecular complexity index is 756. The van der Waals surface area contributed by atoms with Crippen molar-refractivity contribution in [3.05, 3.63) is 67.8 Å². The van der Waals surface area contributed by atoms with Gasteiger partial charge in [-0.15, -0.1) is 11.3 Å². The number of hydrogen-bond acceptors (Lipinski definition) is 2. The maximum Gasteiger partial charge on any atom is 0.0731 e. The van der Waals surface area contributed by atoms with Crippen LogP contribution < -0.4 is 5.73 Å². The van der Waals surface area contributed by atoms with Gasteiger partial charge in [-0.05, 0) is 63.3 Å². The zero-order chi connectivity index (χ0) is 14.3. The summed E-state index contributed by atoms with van der Waals surface area (Å²) < 4.78 is 1.17. The molecule has 3 heteroatoms. The number of nitrogens with two attached hydrogens (primary N) is 1. The smallest absolute Gasteiger partial charge is 0.0731 e. The molecule has 3 rings (SSSR count). The van der Waals surface area contributed by atoms with Crippen LogP contribution in [0.2, 0.25) is 0 Å². The molecule has 0 amide bonds. The molecular formula is C17H16BrNS.